The van der Waals surface area contributed by atoms with Crippen LogP contribution in [0.2, 0.25) is 0 Å². The molecule has 0 spiro atoms. The lowest BCUT2D eigenvalue weighted by Crippen LogP contribution is -2.32. The lowest BCUT2D eigenvalue weighted by atomic mass is 10.0. The highest BCUT2D eigenvalue weighted by molar-refractivity contribution is 5.97. The maximum atomic E-state index is 12.8. The van der Waals surface area contributed by atoms with Gasteiger partial charge < -0.3 is 20.3 Å². The first-order chi connectivity index (χ1) is 12.5. The molecule has 1 amide bonds. The van der Waals surface area contributed by atoms with Crippen molar-refractivity contribution in [2.45, 2.75) is 46.2 Å². The summed E-state index contributed by atoms with van der Waals surface area (Å²) >= 11 is 0. The van der Waals surface area contributed by atoms with Gasteiger partial charge in [0.2, 0.25) is 0 Å². The van der Waals surface area contributed by atoms with Gasteiger partial charge in [-0.2, -0.15) is 0 Å². The van der Waals surface area contributed by atoms with Gasteiger partial charge in [0.1, 0.15) is 11.6 Å². The summed E-state index contributed by atoms with van der Waals surface area (Å²) in [6.45, 7) is 8.55. The minimum atomic E-state index is -0.291. The van der Waals surface area contributed by atoms with Crippen LogP contribution in [0.15, 0.2) is 18.2 Å². The van der Waals surface area contributed by atoms with E-state index in [4.69, 9.17) is 0 Å². The number of carbonyl (C=O) groups excluding carboxylic acids is 1. The van der Waals surface area contributed by atoms with Crippen molar-refractivity contribution in [2.75, 3.05) is 13.1 Å². The summed E-state index contributed by atoms with van der Waals surface area (Å²) in [6.07, 6.45) is 1.58. The van der Waals surface area contributed by atoms with Crippen LogP contribution in [-0.4, -0.2) is 38.9 Å². The zero-order valence-corrected chi connectivity index (χ0v) is 15.6. The Morgan fingerprint density at radius 2 is 2.15 bits per heavy atom. The first kappa shape index (κ1) is 18.4. The fourth-order valence-electron chi connectivity index (χ4n) is 3.33. The van der Waals surface area contributed by atoms with Crippen molar-refractivity contribution in [1.29, 1.82) is 0 Å². The van der Waals surface area contributed by atoms with E-state index in [0.717, 1.165) is 44.1 Å². The molecule has 0 bridgehead atoms. The zero-order chi connectivity index (χ0) is 18.7. The molecule has 1 aliphatic rings. The highest BCUT2D eigenvalue weighted by atomic mass is 16.3. The lowest BCUT2D eigenvalue weighted by Gasteiger charge is -2.21. The minimum absolute atomic E-state index is 0.0255. The number of para-hydroxylation sites is 1. The maximum absolute atomic E-state index is 12.8. The van der Waals surface area contributed by atoms with Gasteiger partial charge in [-0.3, -0.25) is 4.79 Å². The molecule has 3 rings (SSSR count). The molecule has 0 saturated carbocycles. The van der Waals surface area contributed by atoms with Crippen LogP contribution in [0.25, 0.3) is 0 Å². The van der Waals surface area contributed by atoms with E-state index in [1.165, 1.54) is 0 Å². The van der Waals surface area contributed by atoms with E-state index in [1.807, 2.05) is 0 Å². The van der Waals surface area contributed by atoms with Gasteiger partial charge in [-0.05, 0) is 30.9 Å². The normalized spacial score (nSPS) is 15.4. The summed E-state index contributed by atoms with van der Waals surface area (Å²) in [7, 11) is 0. The van der Waals surface area contributed by atoms with Gasteiger partial charge in [0, 0.05) is 26.1 Å². The van der Waals surface area contributed by atoms with Gasteiger partial charge >= 0.3 is 0 Å². The molecule has 140 valence electrons. The molecular weight excluding hydrogens is 330 g/mol. The number of amides is 1. The third kappa shape index (κ3) is 3.88. The Balaban J connectivity index is 1.88. The molecule has 3 N–H and O–H groups in total. The molecule has 7 heteroatoms. The number of aryl methyl sites for hydroxylation is 1. The highest BCUT2D eigenvalue weighted by Gasteiger charge is 2.26. The van der Waals surface area contributed by atoms with Gasteiger partial charge in [-0.1, -0.05) is 26.0 Å². The Morgan fingerprint density at radius 1 is 1.35 bits per heavy atom. The number of hydrogen-bond donors (Lipinski definition) is 3. The van der Waals surface area contributed by atoms with Crippen LogP contribution in [0.5, 0.6) is 5.75 Å². The molecule has 1 atom stereocenters. The molecule has 26 heavy (non-hydrogen) atoms. The van der Waals surface area contributed by atoms with E-state index in [2.05, 4.69) is 39.2 Å². The van der Waals surface area contributed by atoms with Crippen molar-refractivity contribution in [3.05, 3.63) is 41.0 Å². The number of nitrogens with zero attached hydrogens (tertiary/aromatic N) is 3. The largest absolute Gasteiger partial charge is 0.507 e. The second-order valence-corrected chi connectivity index (χ2v) is 7.25. The summed E-state index contributed by atoms with van der Waals surface area (Å²) < 4.78 is 2.11. The predicted molar refractivity (Wildman–Crippen MR) is 99.1 cm³/mol. The molecule has 1 aliphatic heterocycles. The molecule has 0 unspecified atom stereocenters. The molecule has 0 saturated heterocycles. The molecule has 2 heterocycles. The number of aromatic hydroxyl groups is 1. The quantitative estimate of drug-likeness (QED) is 0.761. The summed E-state index contributed by atoms with van der Waals surface area (Å²) in [5.41, 5.74) is 0.969. The van der Waals surface area contributed by atoms with Crippen LogP contribution in [0, 0.1) is 12.8 Å². The molecule has 2 aromatic rings. The topological polar surface area (TPSA) is 92.1 Å². The molecule has 0 aliphatic carbocycles. The van der Waals surface area contributed by atoms with Crippen molar-refractivity contribution < 1.29 is 9.90 Å². The van der Waals surface area contributed by atoms with Crippen LogP contribution < -0.4 is 10.6 Å². The van der Waals surface area contributed by atoms with Crippen LogP contribution in [0.4, 0.5) is 0 Å². The van der Waals surface area contributed by atoms with Crippen LogP contribution in [0.1, 0.15) is 53.9 Å². The van der Waals surface area contributed by atoms with E-state index >= 15 is 0 Å². The monoisotopic (exact) mass is 357 g/mol. The number of rotatable bonds is 5. The number of fused-ring (bicyclic) bond motifs is 1. The third-order valence-corrected chi connectivity index (χ3v) is 4.70. The molecule has 1 aromatic heterocycles. The third-order valence-electron chi connectivity index (χ3n) is 4.70. The maximum Gasteiger partial charge on any atom is 0.255 e. The Hall–Kier alpha value is -2.41. The lowest BCUT2D eigenvalue weighted by molar-refractivity contribution is 0.0926. The van der Waals surface area contributed by atoms with Crippen molar-refractivity contribution in [3.63, 3.8) is 0 Å². The van der Waals surface area contributed by atoms with E-state index in [9.17, 15) is 9.90 Å². The molecule has 1 aromatic carbocycles. The summed E-state index contributed by atoms with van der Waals surface area (Å²) in [5.74, 6) is 1.85. The average Bonchev–Trinajstić information content (AvgIpc) is 2.84. The number of phenols is 1. The second kappa shape index (κ2) is 7.86. The van der Waals surface area contributed by atoms with Crippen molar-refractivity contribution >= 4 is 5.91 Å². The SMILES string of the molecule is Cc1cccc(C(=O)N[C@H](CC(C)C)c2nnc3n2CCNCC3)c1O. The standard InChI is InChI=1S/C19H27N5O2/c1-12(2)11-15(18-23-22-16-7-8-20-9-10-24(16)18)21-19(26)14-6-4-5-13(3)17(14)25/h4-6,12,15,20,25H,7-11H2,1-3H3,(H,21,26)/t15-/m1/s1. The van der Waals surface area contributed by atoms with Crippen molar-refractivity contribution in [1.82, 2.24) is 25.4 Å². The Bertz CT molecular complexity index is 784. The number of phenolic OH excluding ortho intramolecular Hbond substituents is 1. The number of aromatic nitrogens is 3. The second-order valence-electron chi connectivity index (χ2n) is 7.25. The van der Waals surface area contributed by atoms with Crippen LogP contribution in [0.3, 0.4) is 0 Å². The first-order valence-electron chi connectivity index (χ1n) is 9.19. The Labute approximate surface area is 153 Å². The van der Waals surface area contributed by atoms with E-state index < -0.39 is 0 Å². The summed E-state index contributed by atoms with van der Waals surface area (Å²) in [5, 5.41) is 25.4. The van der Waals surface area contributed by atoms with E-state index in [-0.39, 0.29) is 23.3 Å². The van der Waals surface area contributed by atoms with Crippen molar-refractivity contribution in [2.24, 2.45) is 5.92 Å². The van der Waals surface area contributed by atoms with Gasteiger partial charge in [0.15, 0.2) is 5.82 Å². The summed E-state index contributed by atoms with van der Waals surface area (Å²) in [4.78, 5) is 12.8. The Kier molecular flexibility index (Phi) is 5.56. The van der Waals surface area contributed by atoms with Crippen molar-refractivity contribution in [3.8, 4) is 5.75 Å². The summed E-state index contributed by atoms with van der Waals surface area (Å²) in [6, 6.07) is 4.94. The van der Waals surface area contributed by atoms with Crippen LogP contribution >= 0.6 is 0 Å². The fraction of sp³-hybridized carbons (Fsp3) is 0.526. The van der Waals surface area contributed by atoms with Gasteiger partial charge in [-0.25, -0.2) is 0 Å². The highest BCUT2D eigenvalue weighted by Crippen LogP contribution is 2.25. The van der Waals surface area contributed by atoms with E-state index in [0.29, 0.717) is 11.5 Å². The smallest absolute Gasteiger partial charge is 0.255 e. The fourth-order valence-corrected chi connectivity index (χ4v) is 3.33. The zero-order valence-electron chi connectivity index (χ0n) is 15.6. The van der Waals surface area contributed by atoms with Gasteiger partial charge in [0.05, 0.1) is 11.6 Å². The molecular formula is C19H27N5O2. The van der Waals surface area contributed by atoms with Crippen LogP contribution in [-0.2, 0) is 13.0 Å². The first-order valence-corrected chi connectivity index (χ1v) is 9.19. The average molecular weight is 357 g/mol. The molecule has 0 fully saturated rings. The van der Waals surface area contributed by atoms with E-state index in [1.54, 1.807) is 25.1 Å². The minimum Gasteiger partial charge on any atom is -0.507 e. The number of nitrogens with one attached hydrogen (secondary N) is 2. The molecule has 0 radical (unpaired) electrons. The number of hydrogen-bond acceptors (Lipinski definition) is 5. The Morgan fingerprint density at radius 3 is 2.92 bits per heavy atom. The van der Waals surface area contributed by atoms with Gasteiger partial charge in [0.25, 0.3) is 5.91 Å². The number of carbonyl (C=O) groups is 1. The van der Waals surface area contributed by atoms with Gasteiger partial charge in [-0.15, -0.1) is 10.2 Å². The molecule has 7 nitrogen and oxygen atoms in total. The number of benzene rings is 1. The predicted octanol–water partition coefficient (Wildman–Crippen LogP) is 1.96.